The molecule has 2 unspecified atom stereocenters. The molecule has 2 fully saturated rings. The maximum atomic E-state index is 11.8. The molecule has 2 aliphatic rings. The summed E-state index contributed by atoms with van der Waals surface area (Å²) in [7, 11) is 0. The van der Waals surface area contributed by atoms with Gasteiger partial charge < -0.3 is 15.0 Å². The van der Waals surface area contributed by atoms with Crippen LogP contribution in [0.4, 0.5) is 4.79 Å². The van der Waals surface area contributed by atoms with Crippen molar-refractivity contribution in [3.8, 4) is 0 Å². The summed E-state index contributed by atoms with van der Waals surface area (Å²) < 4.78 is 5.22. The van der Waals surface area contributed by atoms with Gasteiger partial charge in [-0.1, -0.05) is 19.8 Å². The second-order valence-electron chi connectivity index (χ2n) is 4.95. The van der Waals surface area contributed by atoms with Gasteiger partial charge in [-0.25, -0.2) is 4.79 Å². The maximum Gasteiger partial charge on any atom is 0.317 e. The van der Waals surface area contributed by atoms with Crippen LogP contribution in [0.1, 0.15) is 26.2 Å². The number of carbonyl (C=O) groups is 1. The highest BCUT2D eigenvalue weighted by Crippen LogP contribution is 2.30. The average Bonchev–Trinajstić information content (AvgIpc) is 2.73. The molecule has 4 nitrogen and oxygen atoms in total. The third kappa shape index (κ3) is 2.88. The van der Waals surface area contributed by atoms with Gasteiger partial charge >= 0.3 is 6.03 Å². The van der Waals surface area contributed by atoms with Crippen LogP contribution < -0.4 is 5.32 Å². The predicted molar refractivity (Wildman–Crippen MR) is 62.3 cm³/mol. The third-order valence-corrected chi connectivity index (χ3v) is 3.85. The highest BCUT2D eigenvalue weighted by Gasteiger charge is 2.24. The lowest BCUT2D eigenvalue weighted by atomic mass is 9.98. The van der Waals surface area contributed by atoms with Crippen LogP contribution in [0.15, 0.2) is 0 Å². The Morgan fingerprint density at radius 1 is 1.38 bits per heavy atom. The van der Waals surface area contributed by atoms with Crippen molar-refractivity contribution in [2.45, 2.75) is 26.2 Å². The number of morpholine rings is 1. The first-order valence-corrected chi connectivity index (χ1v) is 6.38. The van der Waals surface area contributed by atoms with E-state index in [4.69, 9.17) is 4.74 Å². The monoisotopic (exact) mass is 226 g/mol. The van der Waals surface area contributed by atoms with E-state index in [1.807, 2.05) is 4.90 Å². The van der Waals surface area contributed by atoms with Gasteiger partial charge in [-0.3, -0.25) is 0 Å². The van der Waals surface area contributed by atoms with Gasteiger partial charge in [-0.2, -0.15) is 0 Å². The first-order valence-electron chi connectivity index (χ1n) is 6.38. The molecule has 92 valence electrons. The van der Waals surface area contributed by atoms with Gasteiger partial charge in [0.15, 0.2) is 0 Å². The summed E-state index contributed by atoms with van der Waals surface area (Å²) >= 11 is 0. The van der Waals surface area contributed by atoms with Gasteiger partial charge in [0, 0.05) is 19.6 Å². The normalized spacial score (nSPS) is 30.4. The molecule has 1 saturated heterocycles. The molecule has 0 bridgehead atoms. The summed E-state index contributed by atoms with van der Waals surface area (Å²) in [6, 6.07) is 0.0856. The summed E-state index contributed by atoms with van der Waals surface area (Å²) in [6.07, 6.45) is 3.90. The predicted octanol–water partition coefficient (Wildman–Crippen LogP) is 1.46. The van der Waals surface area contributed by atoms with E-state index in [-0.39, 0.29) is 6.03 Å². The second-order valence-corrected chi connectivity index (χ2v) is 4.95. The number of carbonyl (C=O) groups excluding carboxylic acids is 1. The largest absolute Gasteiger partial charge is 0.378 e. The second kappa shape index (κ2) is 5.53. The number of hydrogen-bond acceptors (Lipinski definition) is 2. The zero-order valence-corrected chi connectivity index (χ0v) is 10.1. The Bertz CT molecular complexity index is 239. The Morgan fingerprint density at radius 2 is 2.12 bits per heavy atom. The van der Waals surface area contributed by atoms with Crippen molar-refractivity contribution in [3.05, 3.63) is 0 Å². The van der Waals surface area contributed by atoms with Crippen LogP contribution in [-0.2, 0) is 4.74 Å². The minimum Gasteiger partial charge on any atom is -0.378 e. The van der Waals surface area contributed by atoms with Crippen molar-refractivity contribution in [2.75, 3.05) is 32.8 Å². The Labute approximate surface area is 97.3 Å². The molecule has 2 amide bonds. The number of hydrogen-bond donors (Lipinski definition) is 1. The highest BCUT2D eigenvalue weighted by atomic mass is 16.5. The zero-order chi connectivity index (χ0) is 11.4. The van der Waals surface area contributed by atoms with Crippen molar-refractivity contribution < 1.29 is 9.53 Å². The fourth-order valence-corrected chi connectivity index (χ4v) is 2.62. The molecule has 1 aliphatic heterocycles. The molecule has 2 atom stereocenters. The van der Waals surface area contributed by atoms with E-state index in [1.165, 1.54) is 19.3 Å². The Balaban J connectivity index is 1.70. The van der Waals surface area contributed by atoms with E-state index >= 15 is 0 Å². The van der Waals surface area contributed by atoms with Crippen LogP contribution >= 0.6 is 0 Å². The molecule has 16 heavy (non-hydrogen) atoms. The molecule has 0 spiro atoms. The first kappa shape index (κ1) is 11.7. The van der Waals surface area contributed by atoms with Crippen LogP contribution in [0.2, 0.25) is 0 Å². The van der Waals surface area contributed by atoms with E-state index in [1.54, 1.807) is 0 Å². The molecule has 2 rings (SSSR count). The Morgan fingerprint density at radius 3 is 2.75 bits per heavy atom. The number of rotatable bonds is 2. The van der Waals surface area contributed by atoms with E-state index in [2.05, 4.69) is 12.2 Å². The molecule has 0 aromatic carbocycles. The quantitative estimate of drug-likeness (QED) is 0.774. The summed E-state index contributed by atoms with van der Waals surface area (Å²) in [5.41, 5.74) is 0. The van der Waals surface area contributed by atoms with Gasteiger partial charge in [0.1, 0.15) is 0 Å². The average molecular weight is 226 g/mol. The lowest BCUT2D eigenvalue weighted by molar-refractivity contribution is 0.0529. The van der Waals surface area contributed by atoms with Crippen molar-refractivity contribution in [1.82, 2.24) is 10.2 Å². The van der Waals surface area contributed by atoms with Gasteiger partial charge in [0.05, 0.1) is 13.2 Å². The zero-order valence-electron chi connectivity index (χ0n) is 10.1. The van der Waals surface area contributed by atoms with Crippen LogP contribution in [0, 0.1) is 11.8 Å². The maximum absolute atomic E-state index is 11.8. The lowest BCUT2D eigenvalue weighted by Crippen LogP contribution is -2.47. The molecule has 1 N–H and O–H groups in total. The van der Waals surface area contributed by atoms with Gasteiger partial charge in [-0.15, -0.1) is 0 Å². The van der Waals surface area contributed by atoms with Gasteiger partial charge in [-0.05, 0) is 18.3 Å². The van der Waals surface area contributed by atoms with E-state index in [9.17, 15) is 4.79 Å². The molecule has 1 heterocycles. The smallest absolute Gasteiger partial charge is 0.317 e. The van der Waals surface area contributed by atoms with Gasteiger partial charge in [0.2, 0.25) is 0 Å². The third-order valence-electron chi connectivity index (χ3n) is 3.85. The van der Waals surface area contributed by atoms with Crippen LogP contribution in [0.25, 0.3) is 0 Å². The van der Waals surface area contributed by atoms with Crippen molar-refractivity contribution in [1.29, 1.82) is 0 Å². The number of ether oxygens (including phenoxy) is 1. The van der Waals surface area contributed by atoms with Crippen LogP contribution in [0.5, 0.6) is 0 Å². The highest BCUT2D eigenvalue weighted by molar-refractivity contribution is 5.74. The molecule has 0 aromatic rings. The SMILES string of the molecule is CC1CCCC1CNC(=O)N1CCOCC1. The number of urea groups is 1. The molecular weight excluding hydrogens is 204 g/mol. The molecule has 1 saturated carbocycles. The first-order chi connectivity index (χ1) is 7.77. The molecular formula is C12H22N2O2. The Kier molecular flexibility index (Phi) is 4.04. The van der Waals surface area contributed by atoms with E-state index < -0.39 is 0 Å². The summed E-state index contributed by atoms with van der Waals surface area (Å²) in [4.78, 5) is 13.7. The van der Waals surface area contributed by atoms with Crippen LogP contribution in [0.3, 0.4) is 0 Å². The summed E-state index contributed by atoms with van der Waals surface area (Å²) in [6.45, 7) is 5.94. The van der Waals surface area contributed by atoms with Crippen molar-refractivity contribution in [3.63, 3.8) is 0 Å². The lowest BCUT2D eigenvalue weighted by Gasteiger charge is -2.28. The molecule has 1 aliphatic carbocycles. The van der Waals surface area contributed by atoms with Gasteiger partial charge in [0.25, 0.3) is 0 Å². The topological polar surface area (TPSA) is 41.6 Å². The van der Waals surface area contributed by atoms with Crippen molar-refractivity contribution >= 4 is 6.03 Å². The fourth-order valence-electron chi connectivity index (χ4n) is 2.62. The summed E-state index contributed by atoms with van der Waals surface area (Å²) in [5.74, 6) is 1.45. The van der Waals surface area contributed by atoms with E-state index in [0.717, 1.165) is 25.6 Å². The number of nitrogens with one attached hydrogen (secondary N) is 1. The van der Waals surface area contributed by atoms with Crippen LogP contribution in [-0.4, -0.2) is 43.8 Å². The fraction of sp³-hybridized carbons (Fsp3) is 0.917. The van der Waals surface area contributed by atoms with Crippen molar-refractivity contribution in [2.24, 2.45) is 11.8 Å². The molecule has 0 aromatic heterocycles. The number of nitrogens with zero attached hydrogens (tertiary/aromatic N) is 1. The standard InChI is InChI=1S/C12H22N2O2/c1-10-3-2-4-11(10)9-13-12(15)14-5-7-16-8-6-14/h10-11H,2-9H2,1H3,(H,13,15). The summed E-state index contributed by atoms with van der Waals surface area (Å²) in [5, 5.41) is 3.06. The minimum absolute atomic E-state index is 0.0856. The minimum atomic E-state index is 0.0856. The molecule has 4 heteroatoms. The Hall–Kier alpha value is -0.770. The van der Waals surface area contributed by atoms with E-state index in [0.29, 0.717) is 19.1 Å². The number of amides is 2. The molecule has 0 radical (unpaired) electrons.